The van der Waals surface area contributed by atoms with E-state index in [2.05, 4.69) is 0 Å². The standard InChI is InChI=1S/C19H28ClFN2O3/c1-19(2,3)26-18(24)23-10-5-4-6-14(23)12-13-7-8-15(25-11-9-22)16(20)17(13)21/h7-8,14H,4-6,9-12,22H2,1-3H3/t14-/m1/s1. The van der Waals surface area contributed by atoms with Crippen molar-refractivity contribution in [3.63, 3.8) is 0 Å². The maximum atomic E-state index is 14.7. The highest BCUT2D eigenvalue weighted by Gasteiger charge is 2.31. The number of amides is 1. The van der Waals surface area contributed by atoms with Gasteiger partial charge in [-0.1, -0.05) is 17.7 Å². The molecule has 0 spiro atoms. The Morgan fingerprint density at radius 3 is 2.77 bits per heavy atom. The molecule has 7 heteroatoms. The number of benzene rings is 1. The van der Waals surface area contributed by atoms with Gasteiger partial charge >= 0.3 is 6.09 Å². The van der Waals surface area contributed by atoms with Crippen LogP contribution >= 0.6 is 11.6 Å². The second-order valence-electron chi connectivity index (χ2n) is 7.52. The number of carbonyl (C=O) groups excluding carboxylic acids is 1. The topological polar surface area (TPSA) is 64.8 Å². The monoisotopic (exact) mass is 386 g/mol. The second-order valence-corrected chi connectivity index (χ2v) is 7.89. The first-order valence-electron chi connectivity index (χ1n) is 9.02. The van der Waals surface area contributed by atoms with Crippen LogP contribution in [0.2, 0.25) is 5.02 Å². The molecule has 0 aliphatic carbocycles. The van der Waals surface area contributed by atoms with Gasteiger partial charge in [-0.25, -0.2) is 9.18 Å². The van der Waals surface area contributed by atoms with Crippen molar-refractivity contribution in [1.29, 1.82) is 0 Å². The first-order chi connectivity index (χ1) is 12.2. The third-order valence-electron chi connectivity index (χ3n) is 4.21. The van der Waals surface area contributed by atoms with Crippen molar-refractivity contribution in [2.24, 2.45) is 5.73 Å². The van der Waals surface area contributed by atoms with Crippen LogP contribution in [0.3, 0.4) is 0 Å². The van der Waals surface area contributed by atoms with Crippen LogP contribution in [0.4, 0.5) is 9.18 Å². The van der Waals surface area contributed by atoms with Crippen molar-refractivity contribution in [3.8, 4) is 5.75 Å². The number of likely N-dealkylation sites (tertiary alicyclic amines) is 1. The molecule has 0 radical (unpaired) electrons. The largest absolute Gasteiger partial charge is 0.491 e. The molecule has 0 aromatic heterocycles. The van der Waals surface area contributed by atoms with Gasteiger partial charge in [0.15, 0.2) is 0 Å². The minimum atomic E-state index is -0.560. The van der Waals surface area contributed by atoms with Gasteiger partial charge in [-0.05, 0) is 58.1 Å². The summed E-state index contributed by atoms with van der Waals surface area (Å²) in [5.74, 6) is -0.220. The molecule has 1 aliphatic rings. The minimum absolute atomic E-state index is 0.0458. The van der Waals surface area contributed by atoms with Gasteiger partial charge in [-0.15, -0.1) is 0 Å². The molecule has 1 aliphatic heterocycles. The van der Waals surface area contributed by atoms with E-state index in [1.165, 1.54) is 0 Å². The molecule has 1 amide bonds. The normalized spacial score (nSPS) is 17.9. The van der Waals surface area contributed by atoms with Crippen LogP contribution in [0.15, 0.2) is 12.1 Å². The molecule has 1 fully saturated rings. The lowest BCUT2D eigenvalue weighted by molar-refractivity contribution is 0.00984. The minimum Gasteiger partial charge on any atom is -0.491 e. The summed E-state index contributed by atoms with van der Waals surface area (Å²) < 4.78 is 25.5. The number of carbonyl (C=O) groups is 1. The highest BCUT2D eigenvalue weighted by atomic mass is 35.5. The Bertz CT molecular complexity index is 634. The van der Waals surface area contributed by atoms with Crippen molar-refractivity contribution < 1.29 is 18.7 Å². The molecule has 2 N–H and O–H groups in total. The van der Waals surface area contributed by atoms with Crippen molar-refractivity contribution in [2.75, 3.05) is 19.7 Å². The van der Waals surface area contributed by atoms with E-state index in [9.17, 15) is 9.18 Å². The maximum absolute atomic E-state index is 14.7. The van der Waals surface area contributed by atoms with Crippen LogP contribution in [-0.2, 0) is 11.2 Å². The molecule has 2 rings (SSSR count). The summed E-state index contributed by atoms with van der Waals surface area (Å²) in [7, 11) is 0. The Balaban J connectivity index is 2.14. The lowest BCUT2D eigenvalue weighted by atomic mass is 9.95. The quantitative estimate of drug-likeness (QED) is 0.825. The predicted molar refractivity (Wildman–Crippen MR) is 100 cm³/mol. The van der Waals surface area contributed by atoms with Gasteiger partial charge in [0.25, 0.3) is 0 Å². The average Bonchev–Trinajstić information content (AvgIpc) is 2.57. The molecule has 1 aromatic rings. The number of hydrogen-bond acceptors (Lipinski definition) is 4. The molecular weight excluding hydrogens is 359 g/mol. The van der Waals surface area contributed by atoms with E-state index in [0.29, 0.717) is 25.1 Å². The Kier molecular flexibility index (Phi) is 7.12. The fourth-order valence-corrected chi connectivity index (χ4v) is 3.28. The van der Waals surface area contributed by atoms with E-state index in [0.717, 1.165) is 19.3 Å². The molecule has 1 aromatic carbocycles. The fourth-order valence-electron chi connectivity index (χ4n) is 3.04. The van der Waals surface area contributed by atoms with Crippen LogP contribution < -0.4 is 10.5 Å². The van der Waals surface area contributed by atoms with E-state index in [1.807, 2.05) is 20.8 Å². The van der Waals surface area contributed by atoms with Crippen LogP contribution in [0.1, 0.15) is 45.6 Å². The number of piperidine rings is 1. The molecule has 146 valence electrons. The van der Waals surface area contributed by atoms with E-state index in [1.54, 1.807) is 17.0 Å². The van der Waals surface area contributed by atoms with Crippen LogP contribution in [-0.4, -0.2) is 42.3 Å². The summed E-state index contributed by atoms with van der Waals surface area (Å²) in [4.78, 5) is 14.2. The predicted octanol–water partition coefficient (Wildman–Crippen LogP) is 4.15. The fraction of sp³-hybridized carbons (Fsp3) is 0.632. The summed E-state index contributed by atoms with van der Waals surface area (Å²) in [6.07, 6.45) is 2.77. The number of nitrogens with two attached hydrogens (primary N) is 1. The zero-order valence-corrected chi connectivity index (χ0v) is 16.4. The van der Waals surface area contributed by atoms with Crippen LogP contribution in [0.5, 0.6) is 5.75 Å². The second kappa shape index (κ2) is 8.91. The lowest BCUT2D eigenvalue weighted by Crippen LogP contribution is -2.47. The van der Waals surface area contributed by atoms with Crippen LogP contribution in [0.25, 0.3) is 0 Å². The molecule has 0 bridgehead atoms. The van der Waals surface area contributed by atoms with E-state index >= 15 is 0 Å². The molecule has 0 saturated carbocycles. The summed E-state index contributed by atoms with van der Waals surface area (Å²) in [5.41, 5.74) is 5.30. The maximum Gasteiger partial charge on any atom is 0.410 e. The zero-order chi connectivity index (χ0) is 19.3. The zero-order valence-electron chi connectivity index (χ0n) is 15.7. The van der Waals surface area contributed by atoms with Gasteiger partial charge < -0.3 is 20.1 Å². The number of ether oxygens (including phenoxy) is 2. The van der Waals surface area contributed by atoms with Gasteiger partial charge in [-0.2, -0.15) is 0 Å². The average molecular weight is 387 g/mol. The number of halogens is 2. The Hall–Kier alpha value is -1.53. The van der Waals surface area contributed by atoms with Gasteiger partial charge in [0.1, 0.15) is 28.8 Å². The van der Waals surface area contributed by atoms with E-state index < -0.39 is 11.4 Å². The molecule has 1 heterocycles. The smallest absolute Gasteiger partial charge is 0.410 e. The molecule has 0 unspecified atom stereocenters. The Morgan fingerprint density at radius 1 is 1.38 bits per heavy atom. The van der Waals surface area contributed by atoms with Gasteiger partial charge in [-0.3, -0.25) is 0 Å². The summed E-state index contributed by atoms with van der Waals surface area (Å²) in [5, 5.41) is -0.0458. The Labute approximate surface area is 159 Å². The molecule has 5 nitrogen and oxygen atoms in total. The first-order valence-corrected chi connectivity index (χ1v) is 9.40. The van der Waals surface area contributed by atoms with Crippen molar-refractivity contribution in [2.45, 2.75) is 58.1 Å². The van der Waals surface area contributed by atoms with Crippen molar-refractivity contribution in [3.05, 3.63) is 28.5 Å². The summed E-state index contributed by atoms with van der Waals surface area (Å²) in [6.45, 7) is 6.73. The van der Waals surface area contributed by atoms with Crippen molar-refractivity contribution >= 4 is 17.7 Å². The van der Waals surface area contributed by atoms with Gasteiger partial charge in [0.05, 0.1) is 0 Å². The van der Waals surface area contributed by atoms with E-state index in [-0.39, 0.29) is 29.5 Å². The number of nitrogens with zero attached hydrogens (tertiary/aromatic N) is 1. The first kappa shape index (κ1) is 20.8. The highest BCUT2D eigenvalue weighted by molar-refractivity contribution is 6.32. The summed E-state index contributed by atoms with van der Waals surface area (Å²) in [6, 6.07) is 3.20. The summed E-state index contributed by atoms with van der Waals surface area (Å²) >= 11 is 6.09. The lowest BCUT2D eigenvalue weighted by Gasteiger charge is -2.37. The van der Waals surface area contributed by atoms with Gasteiger partial charge in [0.2, 0.25) is 0 Å². The molecular formula is C19H28ClFN2O3. The molecule has 26 heavy (non-hydrogen) atoms. The van der Waals surface area contributed by atoms with Crippen molar-refractivity contribution in [1.82, 2.24) is 4.90 Å². The molecule has 1 saturated heterocycles. The number of rotatable bonds is 5. The number of hydrogen-bond donors (Lipinski definition) is 1. The highest BCUT2D eigenvalue weighted by Crippen LogP contribution is 2.32. The SMILES string of the molecule is CC(C)(C)OC(=O)N1CCCC[C@@H]1Cc1ccc(OCCN)c(Cl)c1F. The Morgan fingerprint density at radius 2 is 2.12 bits per heavy atom. The van der Waals surface area contributed by atoms with Gasteiger partial charge in [0, 0.05) is 19.1 Å². The third-order valence-corrected chi connectivity index (χ3v) is 4.57. The van der Waals surface area contributed by atoms with E-state index in [4.69, 9.17) is 26.8 Å². The third kappa shape index (κ3) is 5.48. The molecule has 1 atom stereocenters. The van der Waals surface area contributed by atoms with Crippen LogP contribution in [0, 0.1) is 5.82 Å².